The molecule has 1 aromatic rings. The number of likely N-dealkylation sites (tertiary alicyclic amines) is 1. The predicted octanol–water partition coefficient (Wildman–Crippen LogP) is 2.82. The quantitative estimate of drug-likeness (QED) is 0.332. The molecule has 0 saturated carbocycles. The Balaban J connectivity index is 1.58. The van der Waals surface area contributed by atoms with Crippen molar-refractivity contribution in [1.29, 1.82) is 0 Å². The van der Waals surface area contributed by atoms with Crippen LogP contribution in [0.25, 0.3) is 0 Å². The van der Waals surface area contributed by atoms with Crippen molar-refractivity contribution in [3.8, 4) is 0 Å². The minimum atomic E-state index is 0.501. The molecule has 0 bridgehead atoms. The van der Waals surface area contributed by atoms with Crippen molar-refractivity contribution >= 4 is 17.7 Å². The van der Waals surface area contributed by atoms with Crippen LogP contribution in [0.1, 0.15) is 26.2 Å². The third-order valence-electron chi connectivity index (χ3n) is 4.00. The fourth-order valence-electron chi connectivity index (χ4n) is 2.75. The molecule has 0 aliphatic carbocycles. The van der Waals surface area contributed by atoms with Gasteiger partial charge in [-0.3, -0.25) is 4.99 Å². The lowest BCUT2D eigenvalue weighted by atomic mass is 10.4. The van der Waals surface area contributed by atoms with E-state index in [1.165, 1.54) is 43.8 Å². The molecular weight excluding hydrogens is 304 g/mol. The van der Waals surface area contributed by atoms with E-state index in [0.29, 0.717) is 5.25 Å². The highest BCUT2D eigenvalue weighted by Gasteiger charge is 2.10. The molecule has 1 aliphatic heterocycles. The van der Waals surface area contributed by atoms with Gasteiger partial charge < -0.3 is 15.5 Å². The summed E-state index contributed by atoms with van der Waals surface area (Å²) >= 11 is 1.89. The van der Waals surface area contributed by atoms with Crippen LogP contribution in [0.3, 0.4) is 0 Å². The SMILES string of the molecule is CN=C(NCCCN1CCCC1)NCC(C)Sc1ccccc1. The van der Waals surface area contributed by atoms with Crippen LogP contribution in [0.2, 0.25) is 0 Å². The van der Waals surface area contributed by atoms with Crippen LogP contribution in [0.4, 0.5) is 0 Å². The highest BCUT2D eigenvalue weighted by Crippen LogP contribution is 2.21. The molecule has 2 N–H and O–H groups in total. The van der Waals surface area contributed by atoms with Gasteiger partial charge in [0.25, 0.3) is 0 Å². The molecule has 1 saturated heterocycles. The highest BCUT2D eigenvalue weighted by atomic mass is 32.2. The molecule has 0 radical (unpaired) electrons. The Kier molecular flexibility index (Phi) is 8.32. The van der Waals surface area contributed by atoms with Gasteiger partial charge in [0.15, 0.2) is 5.96 Å². The Morgan fingerprint density at radius 3 is 2.65 bits per heavy atom. The summed E-state index contributed by atoms with van der Waals surface area (Å²) in [7, 11) is 1.84. The molecule has 128 valence electrons. The Morgan fingerprint density at radius 2 is 1.96 bits per heavy atom. The molecule has 1 heterocycles. The van der Waals surface area contributed by atoms with Crippen LogP contribution < -0.4 is 10.6 Å². The molecule has 4 nitrogen and oxygen atoms in total. The molecule has 1 atom stereocenters. The molecular formula is C18H30N4S. The summed E-state index contributed by atoms with van der Waals surface area (Å²) in [6.45, 7) is 7.89. The number of benzene rings is 1. The summed E-state index contributed by atoms with van der Waals surface area (Å²) in [5.74, 6) is 0.909. The van der Waals surface area contributed by atoms with E-state index in [0.717, 1.165) is 19.0 Å². The van der Waals surface area contributed by atoms with E-state index in [1.807, 2.05) is 18.8 Å². The first-order valence-corrected chi connectivity index (χ1v) is 9.54. The predicted molar refractivity (Wildman–Crippen MR) is 101 cm³/mol. The van der Waals surface area contributed by atoms with Gasteiger partial charge >= 0.3 is 0 Å². The third kappa shape index (κ3) is 7.27. The maximum atomic E-state index is 4.31. The first-order chi connectivity index (χ1) is 11.3. The van der Waals surface area contributed by atoms with Crippen LogP contribution in [-0.2, 0) is 0 Å². The topological polar surface area (TPSA) is 39.7 Å². The van der Waals surface area contributed by atoms with E-state index in [4.69, 9.17) is 0 Å². The van der Waals surface area contributed by atoms with Crippen molar-refractivity contribution in [2.45, 2.75) is 36.3 Å². The first kappa shape index (κ1) is 18.1. The van der Waals surface area contributed by atoms with E-state index in [-0.39, 0.29) is 0 Å². The lowest BCUT2D eigenvalue weighted by Gasteiger charge is -2.17. The second-order valence-electron chi connectivity index (χ2n) is 6.02. The summed E-state index contributed by atoms with van der Waals surface area (Å²) in [5, 5.41) is 7.34. The summed E-state index contributed by atoms with van der Waals surface area (Å²) in [6.07, 6.45) is 3.91. The molecule has 2 rings (SSSR count). The highest BCUT2D eigenvalue weighted by molar-refractivity contribution is 8.00. The van der Waals surface area contributed by atoms with Crippen molar-refractivity contribution in [3.63, 3.8) is 0 Å². The number of nitrogens with one attached hydrogen (secondary N) is 2. The van der Waals surface area contributed by atoms with E-state index >= 15 is 0 Å². The van der Waals surface area contributed by atoms with Gasteiger partial charge in [0, 0.05) is 30.3 Å². The molecule has 1 aliphatic rings. The van der Waals surface area contributed by atoms with Gasteiger partial charge in [-0.05, 0) is 51.0 Å². The zero-order chi connectivity index (χ0) is 16.3. The average Bonchev–Trinajstić information content (AvgIpc) is 3.08. The van der Waals surface area contributed by atoms with Gasteiger partial charge in [0.05, 0.1) is 0 Å². The molecule has 1 aromatic carbocycles. The largest absolute Gasteiger partial charge is 0.356 e. The van der Waals surface area contributed by atoms with Gasteiger partial charge in [-0.15, -0.1) is 11.8 Å². The fraction of sp³-hybridized carbons (Fsp3) is 0.611. The smallest absolute Gasteiger partial charge is 0.191 e. The molecule has 1 fully saturated rings. The number of thioether (sulfide) groups is 1. The normalized spacial score (nSPS) is 17.2. The third-order valence-corrected chi connectivity index (χ3v) is 5.12. The summed E-state index contributed by atoms with van der Waals surface area (Å²) in [4.78, 5) is 8.18. The van der Waals surface area contributed by atoms with Crippen molar-refractivity contribution in [2.75, 3.05) is 39.8 Å². The van der Waals surface area contributed by atoms with Crippen molar-refractivity contribution in [2.24, 2.45) is 4.99 Å². The average molecular weight is 335 g/mol. The molecule has 1 unspecified atom stereocenters. The summed E-state index contributed by atoms with van der Waals surface area (Å²) in [6, 6.07) is 10.5. The van der Waals surface area contributed by atoms with Gasteiger partial charge in [-0.25, -0.2) is 0 Å². The molecule has 0 aromatic heterocycles. The second-order valence-corrected chi connectivity index (χ2v) is 7.54. The maximum absolute atomic E-state index is 4.31. The number of hydrogen-bond acceptors (Lipinski definition) is 3. The number of nitrogens with zero attached hydrogens (tertiary/aromatic N) is 2. The van der Waals surface area contributed by atoms with Crippen LogP contribution in [0.5, 0.6) is 0 Å². The summed E-state index contributed by atoms with van der Waals surface area (Å²) in [5.41, 5.74) is 0. The van der Waals surface area contributed by atoms with Gasteiger partial charge in [-0.1, -0.05) is 25.1 Å². The number of guanidine groups is 1. The number of hydrogen-bond donors (Lipinski definition) is 2. The summed E-state index contributed by atoms with van der Waals surface area (Å²) < 4.78 is 0. The molecule has 5 heteroatoms. The lowest BCUT2D eigenvalue weighted by Crippen LogP contribution is -2.41. The molecule has 0 amide bonds. The van der Waals surface area contributed by atoms with Gasteiger partial charge in [0.1, 0.15) is 0 Å². The van der Waals surface area contributed by atoms with Crippen molar-refractivity contribution in [3.05, 3.63) is 30.3 Å². The van der Waals surface area contributed by atoms with E-state index < -0.39 is 0 Å². The lowest BCUT2D eigenvalue weighted by molar-refractivity contribution is 0.334. The minimum Gasteiger partial charge on any atom is -0.356 e. The van der Waals surface area contributed by atoms with Crippen LogP contribution in [-0.4, -0.2) is 55.9 Å². The minimum absolute atomic E-state index is 0.501. The standard InChI is InChI=1S/C18H30N4S/c1-16(23-17-9-4-3-5-10-17)15-21-18(19-2)20-11-8-14-22-12-6-7-13-22/h3-5,9-10,16H,6-8,11-15H2,1-2H3,(H2,19,20,21). The van der Waals surface area contributed by atoms with Crippen molar-refractivity contribution in [1.82, 2.24) is 15.5 Å². The van der Waals surface area contributed by atoms with E-state index in [1.54, 1.807) is 0 Å². The zero-order valence-electron chi connectivity index (χ0n) is 14.4. The molecule has 23 heavy (non-hydrogen) atoms. The monoisotopic (exact) mass is 334 g/mol. The zero-order valence-corrected chi connectivity index (χ0v) is 15.2. The van der Waals surface area contributed by atoms with E-state index in [2.05, 4.69) is 57.8 Å². The Bertz CT molecular complexity index is 457. The van der Waals surface area contributed by atoms with Crippen LogP contribution in [0, 0.1) is 0 Å². The van der Waals surface area contributed by atoms with Crippen LogP contribution in [0.15, 0.2) is 40.2 Å². The number of rotatable bonds is 8. The Labute approximate surface area is 145 Å². The Morgan fingerprint density at radius 1 is 1.22 bits per heavy atom. The second kappa shape index (κ2) is 10.6. The fourth-order valence-corrected chi connectivity index (χ4v) is 3.70. The Hall–Kier alpha value is -1.20. The van der Waals surface area contributed by atoms with Crippen LogP contribution >= 0.6 is 11.8 Å². The molecule has 0 spiro atoms. The van der Waals surface area contributed by atoms with Gasteiger partial charge in [0.2, 0.25) is 0 Å². The van der Waals surface area contributed by atoms with E-state index in [9.17, 15) is 0 Å². The van der Waals surface area contributed by atoms with Gasteiger partial charge in [-0.2, -0.15) is 0 Å². The maximum Gasteiger partial charge on any atom is 0.191 e. The number of aliphatic imine (C=N–C) groups is 1. The first-order valence-electron chi connectivity index (χ1n) is 8.66. The van der Waals surface area contributed by atoms with Crippen molar-refractivity contribution < 1.29 is 0 Å².